The molecule has 4 aromatic rings. The van der Waals surface area contributed by atoms with Gasteiger partial charge in [0.05, 0.1) is 24.5 Å². The highest BCUT2D eigenvalue weighted by Crippen LogP contribution is 2.39. The van der Waals surface area contributed by atoms with Crippen LogP contribution in [0.2, 0.25) is 0 Å². The number of ether oxygens (including phenoxy) is 1. The van der Waals surface area contributed by atoms with E-state index in [2.05, 4.69) is 41.9 Å². The molecule has 0 saturated carbocycles. The number of amides is 1. The van der Waals surface area contributed by atoms with Gasteiger partial charge in [-0.25, -0.2) is 28.8 Å². The number of rotatable bonds is 3. The molecule has 0 fully saturated rings. The van der Waals surface area contributed by atoms with Crippen LogP contribution < -0.4 is 5.32 Å². The third-order valence-electron chi connectivity index (χ3n) is 5.80. The standard InChI is InChI=1S/C25H19FN6O3/c1-25(2)19-17(10-11-18(33)35-3)28-22(29-21(19)30-24(25)34)20-15-8-6-12-27-23(15)32(31-20)13-14-7-4-5-9-16(14)26/h4-9,12H,13H2,1-3H3,(H,28,29,30,34). The number of pyridine rings is 1. The zero-order valence-corrected chi connectivity index (χ0v) is 19.1. The first-order valence-electron chi connectivity index (χ1n) is 10.7. The van der Waals surface area contributed by atoms with Crippen molar-refractivity contribution in [1.82, 2.24) is 24.7 Å². The Kier molecular flexibility index (Phi) is 5.25. The SMILES string of the molecule is COC(=O)C#Cc1nc(-c2nn(Cc3ccccc3F)c3ncccc23)nc2c1C(C)(C)C(=O)N2. The Hall–Kier alpha value is -4.65. The molecular formula is C25H19FN6O3. The number of nitrogens with one attached hydrogen (secondary N) is 1. The number of halogens is 1. The highest BCUT2D eigenvalue weighted by Gasteiger charge is 2.42. The molecule has 1 amide bonds. The van der Waals surface area contributed by atoms with Crippen molar-refractivity contribution in [1.29, 1.82) is 0 Å². The quantitative estimate of drug-likeness (QED) is 0.362. The van der Waals surface area contributed by atoms with Gasteiger partial charge in [0.15, 0.2) is 11.5 Å². The van der Waals surface area contributed by atoms with Crippen LogP contribution in [0.25, 0.3) is 22.6 Å². The topological polar surface area (TPSA) is 112 Å². The molecule has 0 saturated heterocycles. The summed E-state index contributed by atoms with van der Waals surface area (Å²) in [6.45, 7) is 3.59. The van der Waals surface area contributed by atoms with Gasteiger partial charge in [-0.3, -0.25) is 4.79 Å². The highest BCUT2D eigenvalue weighted by molar-refractivity contribution is 6.06. The van der Waals surface area contributed by atoms with Crippen LogP contribution in [0.4, 0.5) is 10.2 Å². The molecule has 174 valence electrons. The van der Waals surface area contributed by atoms with Gasteiger partial charge in [-0.1, -0.05) is 18.2 Å². The van der Waals surface area contributed by atoms with Gasteiger partial charge in [-0.2, -0.15) is 5.10 Å². The maximum absolute atomic E-state index is 14.3. The Morgan fingerprint density at radius 2 is 2.00 bits per heavy atom. The van der Waals surface area contributed by atoms with E-state index in [1.54, 1.807) is 55.1 Å². The van der Waals surface area contributed by atoms with Crippen molar-refractivity contribution in [3.63, 3.8) is 0 Å². The summed E-state index contributed by atoms with van der Waals surface area (Å²) in [5.74, 6) is 4.20. The Labute approximate surface area is 199 Å². The van der Waals surface area contributed by atoms with E-state index < -0.39 is 11.4 Å². The molecule has 0 atom stereocenters. The molecule has 9 nitrogen and oxygen atoms in total. The lowest BCUT2D eigenvalue weighted by atomic mass is 9.86. The van der Waals surface area contributed by atoms with Crippen molar-refractivity contribution in [3.8, 4) is 23.4 Å². The molecule has 1 aliphatic heterocycles. The van der Waals surface area contributed by atoms with Crippen molar-refractivity contribution in [3.05, 3.63) is 65.2 Å². The molecule has 3 aromatic heterocycles. The number of hydrogen-bond donors (Lipinski definition) is 1. The molecule has 5 rings (SSSR count). The highest BCUT2D eigenvalue weighted by atomic mass is 19.1. The number of fused-ring (bicyclic) bond motifs is 2. The number of anilines is 1. The van der Waals surface area contributed by atoms with Crippen LogP contribution >= 0.6 is 0 Å². The first kappa shape index (κ1) is 22.2. The fourth-order valence-corrected chi connectivity index (χ4v) is 3.95. The molecule has 35 heavy (non-hydrogen) atoms. The van der Waals surface area contributed by atoms with Gasteiger partial charge < -0.3 is 10.1 Å². The summed E-state index contributed by atoms with van der Waals surface area (Å²) >= 11 is 0. The second-order valence-corrected chi connectivity index (χ2v) is 8.41. The summed E-state index contributed by atoms with van der Waals surface area (Å²) in [6, 6.07) is 9.98. The molecule has 4 heterocycles. The van der Waals surface area contributed by atoms with E-state index in [0.717, 1.165) is 0 Å². The van der Waals surface area contributed by atoms with Crippen molar-refractivity contribution in [2.24, 2.45) is 0 Å². The molecule has 10 heteroatoms. The number of benzene rings is 1. The van der Waals surface area contributed by atoms with Gasteiger partial charge in [-0.05, 0) is 38.0 Å². The van der Waals surface area contributed by atoms with Crippen molar-refractivity contribution < 1.29 is 18.7 Å². The summed E-state index contributed by atoms with van der Waals surface area (Å²) in [5, 5.41) is 8.05. The van der Waals surface area contributed by atoms with E-state index in [-0.39, 0.29) is 29.8 Å². The summed E-state index contributed by atoms with van der Waals surface area (Å²) in [6.07, 6.45) is 1.62. The molecule has 0 aliphatic carbocycles. The number of carbonyl (C=O) groups is 2. The maximum atomic E-state index is 14.3. The number of aromatic nitrogens is 5. The van der Waals surface area contributed by atoms with E-state index >= 15 is 0 Å². The molecule has 0 spiro atoms. The second-order valence-electron chi connectivity index (χ2n) is 8.41. The Morgan fingerprint density at radius 1 is 1.20 bits per heavy atom. The number of nitrogens with zero attached hydrogens (tertiary/aromatic N) is 5. The molecule has 0 unspecified atom stereocenters. The van der Waals surface area contributed by atoms with Gasteiger partial charge >= 0.3 is 5.97 Å². The van der Waals surface area contributed by atoms with Crippen molar-refractivity contribution in [2.45, 2.75) is 25.8 Å². The molecular weight excluding hydrogens is 451 g/mol. The Bertz CT molecular complexity index is 1580. The molecule has 1 aromatic carbocycles. The number of esters is 1. The minimum Gasteiger partial charge on any atom is -0.459 e. The van der Waals surface area contributed by atoms with Crippen LogP contribution in [0.5, 0.6) is 0 Å². The van der Waals surface area contributed by atoms with Gasteiger partial charge in [0.2, 0.25) is 5.91 Å². The van der Waals surface area contributed by atoms with E-state index in [1.165, 1.54) is 13.2 Å². The molecule has 1 N–H and O–H groups in total. The van der Waals surface area contributed by atoms with Crippen LogP contribution in [0.3, 0.4) is 0 Å². The third-order valence-corrected chi connectivity index (χ3v) is 5.80. The van der Waals surface area contributed by atoms with E-state index in [0.29, 0.717) is 33.7 Å². The van der Waals surface area contributed by atoms with E-state index in [9.17, 15) is 14.0 Å². The van der Waals surface area contributed by atoms with Crippen LogP contribution in [0, 0.1) is 17.7 Å². The minimum atomic E-state index is -0.957. The van der Waals surface area contributed by atoms with Gasteiger partial charge in [0, 0.05) is 23.2 Å². The van der Waals surface area contributed by atoms with E-state index in [4.69, 9.17) is 0 Å². The summed E-state index contributed by atoms with van der Waals surface area (Å²) in [7, 11) is 1.23. The number of methoxy groups -OCH3 is 1. The van der Waals surface area contributed by atoms with Gasteiger partial charge in [0.25, 0.3) is 0 Å². The number of carbonyl (C=O) groups excluding carboxylic acids is 2. The summed E-state index contributed by atoms with van der Waals surface area (Å²) < 4.78 is 20.5. The minimum absolute atomic E-state index is 0.143. The maximum Gasteiger partial charge on any atom is 0.384 e. The Morgan fingerprint density at radius 3 is 2.77 bits per heavy atom. The summed E-state index contributed by atoms with van der Waals surface area (Å²) in [5.41, 5.74) is 1.08. The predicted molar refractivity (Wildman–Crippen MR) is 125 cm³/mol. The predicted octanol–water partition coefficient (Wildman–Crippen LogP) is 2.83. The first-order chi connectivity index (χ1) is 16.8. The molecule has 1 aliphatic rings. The lowest BCUT2D eigenvalue weighted by Crippen LogP contribution is -2.27. The zero-order valence-electron chi connectivity index (χ0n) is 19.1. The zero-order chi connectivity index (χ0) is 24.7. The van der Waals surface area contributed by atoms with E-state index in [1.807, 2.05) is 0 Å². The fraction of sp³-hybridized carbons (Fsp3) is 0.200. The summed E-state index contributed by atoms with van der Waals surface area (Å²) in [4.78, 5) is 37.8. The van der Waals surface area contributed by atoms with Crippen molar-refractivity contribution in [2.75, 3.05) is 12.4 Å². The first-order valence-corrected chi connectivity index (χ1v) is 10.7. The largest absolute Gasteiger partial charge is 0.459 e. The van der Waals surface area contributed by atoms with Crippen LogP contribution in [-0.4, -0.2) is 43.7 Å². The average Bonchev–Trinajstić information content (AvgIpc) is 3.32. The van der Waals surface area contributed by atoms with Crippen LogP contribution in [-0.2, 0) is 26.3 Å². The monoisotopic (exact) mass is 470 g/mol. The fourth-order valence-electron chi connectivity index (χ4n) is 3.95. The second kappa shape index (κ2) is 8.29. The normalized spacial score (nSPS) is 13.7. The smallest absolute Gasteiger partial charge is 0.384 e. The van der Waals surface area contributed by atoms with Crippen LogP contribution in [0.15, 0.2) is 42.6 Å². The third kappa shape index (κ3) is 3.77. The van der Waals surface area contributed by atoms with Crippen LogP contribution in [0.1, 0.15) is 30.7 Å². The van der Waals surface area contributed by atoms with Gasteiger partial charge in [-0.15, -0.1) is 0 Å². The Balaban J connectivity index is 1.70. The molecule has 0 radical (unpaired) electrons. The lowest BCUT2D eigenvalue weighted by Gasteiger charge is -2.15. The molecule has 0 bridgehead atoms. The number of hydrogen-bond acceptors (Lipinski definition) is 7. The van der Waals surface area contributed by atoms with Gasteiger partial charge in [0.1, 0.15) is 23.0 Å². The van der Waals surface area contributed by atoms with Crippen molar-refractivity contribution >= 4 is 28.7 Å². The lowest BCUT2D eigenvalue weighted by molar-refractivity contribution is -0.133. The average molecular weight is 470 g/mol.